The van der Waals surface area contributed by atoms with Crippen molar-refractivity contribution in [1.82, 2.24) is 0 Å². The van der Waals surface area contributed by atoms with Crippen LogP contribution in [0.1, 0.15) is 41.5 Å². The third-order valence-electron chi connectivity index (χ3n) is 3.26. The first-order valence-electron chi connectivity index (χ1n) is 6.35. The van der Waals surface area contributed by atoms with E-state index in [-0.39, 0.29) is 0 Å². The van der Waals surface area contributed by atoms with Crippen LogP contribution in [0.3, 0.4) is 0 Å². The SMILES string of the molecule is CC(C)(C)C(O)[P@@](=O)(c1ccccc1)C(C)(C)C. The zero-order chi connectivity index (χ0) is 14.2. The van der Waals surface area contributed by atoms with E-state index in [0.29, 0.717) is 0 Å². The fraction of sp³-hybridized carbons (Fsp3) is 0.600. The molecule has 1 N–H and O–H groups in total. The normalized spacial score (nSPS) is 18.2. The first kappa shape index (κ1) is 15.5. The maximum absolute atomic E-state index is 13.5. The maximum atomic E-state index is 13.5. The Balaban J connectivity index is 3.44. The summed E-state index contributed by atoms with van der Waals surface area (Å²) in [7, 11) is -2.91. The molecule has 18 heavy (non-hydrogen) atoms. The van der Waals surface area contributed by atoms with Crippen molar-refractivity contribution < 1.29 is 9.67 Å². The largest absolute Gasteiger partial charge is 0.384 e. The first-order valence-corrected chi connectivity index (χ1v) is 8.12. The third-order valence-corrected chi connectivity index (χ3v) is 7.78. The molecule has 1 aromatic carbocycles. The van der Waals surface area contributed by atoms with Gasteiger partial charge < -0.3 is 9.67 Å². The van der Waals surface area contributed by atoms with Crippen molar-refractivity contribution in [2.45, 2.75) is 52.5 Å². The van der Waals surface area contributed by atoms with E-state index in [1.54, 1.807) is 0 Å². The van der Waals surface area contributed by atoms with Crippen molar-refractivity contribution in [3.63, 3.8) is 0 Å². The van der Waals surface area contributed by atoms with E-state index >= 15 is 0 Å². The molecule has 0 spiro atoms. The van der Waals surface area contributed by atoms with Crippen molar-refractivity contribution in [1.29, 1.82) is 0 Å². The van der Waals surface area contributed by atoms with Gasteiger partial charge in [0.2, 0.25) is 0 Å². The highest BCUT2D eigenvalue weighted by molar-refractivity contribution is 7.73. The summed E-state index contributed by atoms with van der Waals surface area (Å²) in [6.45, 7) is 11.6. The van der Waals surface area contributed by atoms with Gasteiger partial charge in [0.25, 0.3) is 0 Å². The highest BCUT2D eigenvalue weighted by atomic mass is 31.2. The van der Waals surface area contributed by atoms with Crippen molar-refractivity contribution in [3.05, 3.63) is 30.3 Å². The Bertz CT molecular complexity index is 438. The van der Waals surface area contributed by atoms with Gasteiger partial charge in [0, 0.05) is 10.5 Å². The lowest BCUT2D eigenvalue weighted by molar-refractivity contribution is 0.129. The Kier molecular flexibility index (Phi) is 4.15. The Morgan fingerprint density at radius 1 is 1.00 bits per heavy atom. The van der Waals surface area contributed by atoms with E-state index < -0.39 is 23.6 Å². The van der Waals surface area contributed by atoms with Gasteiger partial charge in [-0.2, -0.15) is 0 Å². The summed E-state index contributed by atoms with van der Waals surface area (Å²) in [6, 6.07) is 9.38. The summed E-state index contributed by atoms with van der Waals surface area (Å²) in [4.78, 5) is 0. The lowest BCUT2D eigenvalue weighted by atomic mass is 9.98. The molecular weight excluding hydrogens is 243 g/mol. The lowest BCUT2D eigenvalue weighted by Gasteiger charge is -2.41. The summed E-state index contributed by atoms with van der Waals surface area (Å²) in [6.07, 6.45) is 0. The van der Waals surface area contributed by atoms with Crippen molar-refractivity contribution in [3.8, 4) is 0 Å². The smallest absolute Gasteiger partial charge is 0.148 e. The number of aliphatic hydroxyl groups is 1. The Morgan fingerprint density at radius 3 is 1.78 bits per heavy atom. The first-order chi connectivity index (χ1) is 8.01. The number of hydrogen-bond acceptors (Lipinski definition) is 2. The molecule has 0 saturated heterocycles. The molecule has 0 aliphatic rings. The van der Waals surface area contributed by atoms with Gasteiger partial charge in [-0.1, -0.05) is 71.9 Å². The van der Waals surface area contributed by atoms with Gasteiger partial charge in [0.05, 0.1) is 0 Å². The van der Waals surface area contributed by atoms with E-state index in [1.165, 1.54) is 0 Å². The van der Waals surface area contributed by atoms with Crippen LogP contribution in [0.5, 0.6) is 0 Å². The van der Waals surface area contributed by atoms with Gasteiger partial charge in [-0.25, -0.2) is 0 Å². The predicted molar refractivity (Wildman–Crippen MR) is 78.9 cm³/mol. The van der Waals surface area contributed by atoms with Gasteiger partial charge in [-0.15, -0.1) is 0 Å². The van der Waals surface area contributed by atoms with E-state index in [1.807, 2.05) is 71.9 Å². The van der Waals surface area contributed by atoms with Crippen molar-refractivity contribution >= 4 is 12.4 Å². The molecular formula is C15H25O2P. The highest BCUT2D eigenvalue weighted by Gasteiger charge is 2.48. The summed E-state index contributed by atoms with van der Waals surface area (Å²) < 4.78 is 13.5. The summed E-state index contributed by atoms with van der Waals surface area (Å²) in [5.74, 6) is -0.840. The maximum Gasteiger partial charge on any atom is 0.148 e. The molecule has 0 aliphatic heterocycles. The second-order valence-electron chi connectivity index (χ2n) is 6.90. The van der Waals surface area contributed by atoms with Gasteiger partial charge in [-0.05, 0) is 5.41 Å². The van der Waals surface area contributed by atoms with Crippen LogP contribution in [0, 0.1) is 5.41 Å². The Labute approximate surface area is 111 Å². The monoisotopic (exact) mass is 268 g/mol. The van der Waals surface area contributed by atoms with Crippen LogP contribution in [0.4, 0.5) is 0 Å². The number of rotatable bonds is 2. The minimum absolute atomic E-state index is 0.404. The lowest BCUT2D eigenvalue weighted by Crippen LogP contribution is -2.37. The Hall–Kier alpha value is -0.590. The van der Waals surface area contributed by atoms with Crippen molar-refractivity contribution in [2.24, 2.45) is 5.41 Å². The zero-order valence-electron chi connectivity index (χ0n) is 12.3. The molecule has 1 unspecified atom stereocenters. The molecule has 102 valence electrons. The summed E-state index contributed by atoms with van der Waals surface area (Å²) >= 11 is 0. The molecule has 0 heterocycles. The quantitative estimate of drug-likeness (QED) is 0.827. The molecule has 0 bridgehead atoms. The van der Waals surface area contributed by atoms with Crippen LogP contribution in [0.15, 0.2) is 30.3 Å². The minimum atomic E-state index is -2.91. The molecule has 0 amide bonds. The molecule has 2 nitrogen and oxygen atoms in total. The van der Waals surface area contributed by atoms with Crippen LogP contribution in [-0.4, -0.2) is 16.1 Å². The average molecular weight is 268 g/mol. The molecule has 3 heteroatoms. The number of hydrogen-bond donors (Lipinski definition) is 1. The van der Waals surface area contributed by atoms with Gasteiger partial charge >= 0.3 is 0 Å². The van der Waals surface area contributed by atoms with Gasteiger partial charge in [0.15, 0.2) is 0 Å². The molecule has 1 aromatic rings. The van der Waals surface area contributed by atoms with Gasteiger partial charge in [0.1, 0.15) is 13.0 Å². The molecule has 0 aromatic heterocycles. The topological polar surface area (TPSA) is 37.3 Å². The average Bonchev–Trinajstić information content (AvgIpc) is 2.25. The minimum Gasteiger partial charge on any atom is -0.384 e. The third kappa shape index (κ3) is 2.70. The second kappa shape index (κ2) is 4.83. The molecule has 0 fully saturated rings. The fourth-order valence-electron chi connectivity index (χ4n) is 2.09. The standard InChI is InChI=1S/C15H25O2P/c1-14(2,3)13(16)18(17,15(4,5)6)12-10-8-7-9-11-12/h7-11,13,16H,1-6H3/t13?,18-/m0/s1. The molecule has 2 atom stereocenters. The molecule has 0 aliphatic carbocycles. The Morgan fingerprint density at radius 2 is 1.44 bits per heavy atom. The van der Waals surface area contributed by atoms with Gasteiger partial charge in [-0.3, -0.25) is 0 Å². The fourth-order valence-corrected chi connectivity index (χ4v) is 5.59. The summed E-state index contributed by atoms with van der Waals surface area (Å²) in [5, 5.41) is 10.9. The van der Waals surface area contributed by atoms with E-state index in [4.69, 9.17) is 0 Å². The van der Waals surface area contributed by atoms with Crippen LogP contribution in [0.2, 0.25) is 0 Å². The van der Waals surface area contributed by atoms with Crippen LogP contribution >= 0.6 is 7.14 Å². The molecule has 0 radical (unpaired) electrons. The number of aliphatic hydroxyl groups excluding tert-OH is 1. The van der Waals surface area contributed by atoms with Crippen LogP contribution < -0.4 is 5.30 Å². The van der Waals surface area contributed by atoms with E-state index in [2.05, 4.69) is 0 Å². The van der Waals surface area contributed by atoms with Crippen LogP contribution in [-0.2, 0) is 4.57 Å². The summed E-state index contributed by atoms with van der Waals surface area (Å²) in [5.41, 5.74) is -0.404. The van der Waals surface area contributed by atoms with Crippen LogP contribution in [0.25, 0.3) is 0 Å². The van der Waals surface area contributed by atoms with E-state index in [9.17, 15) is 9.67 Å². The molecule has 0 saturated carbocycles. The number of benzene rings is 1. The highest BCUT2D eigenvalue weighted by Crippen LogP contribution is 2.63. The van der Waals surface area contributed by atoms with E-state index in [0.717, 1.165) is 5.30 Å². The zero-order valence-corrected chi connectivity index (χ0v) is 13.2. The van der Waals surface area contributed by atoms with Crippen molar-refractivity contribution in [2.75, 3.05) is 0 Å². The predicted octanol–water partition coefficient (Wildman–Crippen LogP) is 3.84. The second-order valence-corrected chi connectivity index (χ2v) is 10.6. The molecule has 1 rings (SSSR count).